The van der Waals surface area contributed by atoms with Gasteiger partial charge >= 0.3 is 0 Å². The van der Waals surface area contributed by atoms with Crippen LogP contribution in [0.2, 0.25) is 0 Å². The maximum atomic E-state index is 10.1. The lowest BCUT2D eigenvalue weighted by Crippen LogP contribution is -2.12. The van der Waals surface area contributed by atoms with Gasteiger partial charge in [-0.05, 0) is 56.4 Å². The van der Waals surface area contributed by atoms with E-state index in [1.165, 1.54) is 11.3 Å². The average molecular weight is 259 g/mol. The van der Waals surface area contributed by atoms with Crippen molar-refractivity contribution in [3.63, 3.8) is 0 Å². The van der Waals surface area contributed by atoms with E-state index in [1.54, 1.807) is 12.4 Å². The van der Waals surface area contributed by atoms with E-state index < -0.39 is 0 Å². The van der Waals surface area contributed by atoms with Crippen molar-refractivity contribution in [1.82, 2.24) is 14.8 Å². The minimum absolute atomic E-state index is 0.318. The van der Waals surface area contributed by atoms with Crippen molar-refractivity contribution in [2.45, 2.75) is 39.2 Å². The molecule has 0 fully saturated rings. The Labute approximate surface area is 114 Å². The van der Waals surface area contributed by atoms with Crippen LogP contribution < -0.4 is 0 Å². The zero-order valence-electron chi connectivity index (χ0n) is 11.8. The molecule has 1 atom stereocenters. The molecule has 2 aromatic rings. The van der Waals surface area contributed by atoms with Gasteiger partial charge in [0.25, 0.3) is 0 Å². The minimum atomic E-state index is -0.318. The molecule has 2 heterocycles. The van der Waals surface area contributed by atoms with Crippen molar-refractivity contribution in [2.75, 3.05) is 0 Å². The summed E-state index contributed by atoms with van der Waals surface area (Å²) >= 11 is 0. The van der Waals surface area contributed by atoms with E-state index in [2.05, 4.69) is 17.0 Å². The fourth-order valence-corrected chi connectivity index (χ4v) is 2.38. The third-order valence-corrected chi connectivity index (χ3v) is 3.61. The molecule has 1 unspecified atom stereocenters. The number of nitrogens with zero attached hydrogens (tertiary/aromatic N) is 3. The van der Waals surface area contributed by atoms with Crippen molar-refractivity contribution in [1.29, 1.82) is 0 Å². The number of hydrogen-bond donors (Lipinski definition) is 1. The molecule has 4 heteroatoms. The summed E-state index contributed by atoms with van der Waals surface area (Å²) < 4.78 is 1.90. The largest absolute Gasteiger partial charge is 0.393 e. The fraction of sp³-hybridized carbons (Fsp3) is 0.467. The normalized spacial score (nSPS) is 12.6. The maximum Gasteiger partial charge on any atom is 0.0628 e. The summed E-state index contributed by atoms with van der Waals surface area (Å²) in [6, 6.07) is 3.90. The second kappa shape index (κ2) is 5.97. The first-order chi connectivity index (χ1) is 9.08. The molecule has 0 aliphatic heterocycles. The number of aryl methyl sites for hydroxylation is 2. The van der Waals surface area contributed by atoms with E-state index in [-0.39, 0.29) is 6.10 Å². The van der Waals surface area contributed by atoms with Crippen LogP contribution in [0.25, 0.3) is 0 Å². The van der Waals surface area contributed by atoms with Crippen LogP contribution in [0.4, 0.5) is 0 Å². The molecule has 4 nitrogen and oxygen atoms in total. The molecule has 0 saturated heterocycles. The Bertz CT molecular complexity index is 534. The highest BCUT2D eigenvalue weighted by atomic mass is 16.3. The summed E-state index contributed by atoms with van der Waals surface area (Å²) in [5.41, 5.74) is 4.64. The molecule has 0 aliphatic carbocycles. The summed E-state index contributed by atoms with van der Waals surface area (Å²) in [5.74, 6) is 0. The molecule has 0 saturated carbocycles. The Morgan fingerprint density at radius 2 is 1.95 bits per heavy atom. The van der Waals surface area contributed by atoms with Gasteiger partial charge in [0.1, 0.15) is 0 Å². The van der Waals surface area contributed by atoms with Crippen LogP contribution in [0.1, 0.15) is 28.9 Å². The van der Waals surface area contributed by atoms with Crippen LogP contribution in [0.15, 0.2) is 24.5 Å². The zero-order chi connectivity index (χ0) is 13.8. The average Bonchev–Trinajstić information content (AvgIpc) is 2.62. The minimum Gasteiger partial charge on any atom is -0.393 e. The highest BCUT2D eigenvalue weighted by Crippen LogP contribution is 2.16. The van der Waals surface area contributed by atoms with Gasteiger partial charge in [-0.3, -0.25) is 9.67 Å². The van der Waals surface area contributed by atoms with Crippen molar-refractivity contribution in [2.24, 2.45) is 7.05 Å². The summed E-state index contributed by atoms with van der Waals surface area (Å²) in [6.07, 6.45) is 5.52. The van der Waals surface area contributed by atoms with E-state index in [9.17, 15) is 5.11 Å². The lowest BCUT2D eigenvalue weighted by molar-refractivity contribution is 0.165. The lowest BCUT2D eigenvalue weighted by atomic mass is 10.0. The SMILES string of the molecule is Cc1nn(C)c(C)c1CCC(O)Cc1ccncc1. The van der Waals surface area contributed by atoms with E-state index in [1.807, 2.05) is 30.8 Å². The quantitative estimate of drug-likeness (QED) is 0.893. The van der Waals surface area contributed by atoms with Crippen molar-refractivity contribution >= 4 is 0 Å². The standard InChI is InChI=1S/C15H21N3O/c1-11-15(12(2)18(3)17-11)5-4-14(19)10-13-6-8-16-9-7-13/h6-9,14,19H,4-5,10H2,1-3H3. The van der Waals surface area contributed by atoms with Crippen LogP contribution in [0, 0.1) is 13.8 Å². The molecule has 19 heavy (non-hydrogen) atoms. The first-order valence-electron chi connectivity index (χ1n) is 6.64. The van der Waals surface area contributed by atoms with Crippen molar-refractivity contribution < 1.29 is 5.11 Å². The number of rotatable bonds is 5. The van der Waals surface area contributed by atoms with Crippen LogP contribution in [-0.4, -0.2) is 26.0 Å². The molecule has 0 radical (unpaired) electrons. The summed E-state index contributed by atoms with van der Waals surface area (Å²) in [6.45, 7) is 4.10. The predicted octanol–water partition coefficient (Wildman–Crippen LogP) is 1.97. The van der Waals surface area contributed by atoms with Gasteiger partial charge < -0.3 is 5.11 Å². The molecule has 2 aromatic heterocycles. The molecular weight excluding hydrogens is 238 g/mol. The first kappa shape index (κ1) is 13.7. The Morgan fingerprint density at radius 3 is 2.53 bits per heavy atom. The topological polar surface area (TPSA) is 50.9 Å². The highest BCUT2D eigenvalue weighted by Gasteiger charge is 2.12. The molecule has 1 N–H and O–H groups in total. The van der Waals surface area contributed by atoms with Gasteiger partial charge in [-0.1, -0.05) is 0 Å². The van der Waals surface area contributed by atoms with Crippen LogP contribution in [0.5, 0.6) is 0 Å². The fourth-order valence-electron chi connectivity index (χ4n) is 2.38. The highest BCUT2D eigenvalue weighted by molar-refractivity contribution is 5.24. The van der Waals surface area contributed by atoms with Gasteiger partial charge in [-0.25, -0.2) is 0 Å². The van der Waals surface area contributed by atoms with E-state index in [0.717, 1.165) is 24.1 Å². The van der Waals surface area contributed by atoms with Gasteiger partial charge in [0.15, 0.2) is 0 Å². The third-order valence-electron chi connectivity index (χ3n) is 3.61. The van der Waals surface area contributed by atoms with Gasteiger partial charge in [0.05, 0.1) is 11.8 Å². The lowest BCUT2D eigenvalue weighted by Gasteiger charge is -2.10. The second-order valence-electron chi connectivity index (χ2n) is 5.03. The Hall–Kier alpha value is -1.68. The molecular formula is C15H21N3O. The van der Waals surface area contributed by atoms with Gasteiger partial charge in [0, 0.05) is 25.1 Å². The van der Waals surface area contributed by atoms with Gasteiger partial charge in [0.2, 0.25) is 0 Å². The van der Waals surface area contributed by atoms with E-state index >= 15 is 0 Å². The van der Waals surface area contributed by atoms with Crippen LogP contribution in [-0.2, 0) is 19.9 Å². The number of pyridine rings is 1. The molecule has 0 aromatic carbocycles. The molecule has 102 valence electrons. The molecule has 2 rings (SSSR count). The van der Waals surface area contributed by atoms with Crippen LogP contribution >= 0.6 is 0 Å². The molecule has 0 spiro atoms. The molecule has 0 amide bonds. The Kier molecular flexibility index (Phi) is 4.32. The van der Waals surface area contributed by atoms with E-state index in [4.69, 9.17) is 0 Å². The summed E-state index contributed by atoms with van der Waals surface area (Å²) in [7, 11) is 1.96. The number of hydrogen-bond acceptors (Lipinski definition) is 3. The predicted molar refractivity (Wildman–Crippen MR) is 75.0 cm³/mol. The first-order valence-corrected chi connectivity index (χ1v) is 6.64. The third kappa shape index (κ3) is 3.41. The Balaban J connectivity index is 1.92. The monoisotopic (exact) mass is 259 g/mol. The van der Waals surface area contributed by atoms with Gasteiger partial charge in [-0.15, -0.1) is 0 Å². The number of aromatic nitrogens is 3. The van der Waals surface area contributed by atoms with Crippen molar-refractivity contribution in [3.05, 3.63) is 47.0 Å². The summed E-state index contributed by atoms with van der Waals surface area (Å²) in [4.78, 5) is 3.98. The van der Waals surface area contributed by atoms with Gasteiger partial charge in [-0.2, -0.15) is 5.10 Å². The Morgan fingerprint density at radius 1 is 1.26 bits per heavy atom. The van der Waals surface area contributed by atoms with E-state index in [0.29, 0.717) is 6.42 Å². The van der Waals surface area contributed by atoms with Crippen molar-refractivity contribution in [3.8, 4) is 0 Å². The number of aliphatic hydroxyl groups excluding tert-OH is 1. The summed E-state index contributed by atoms with van der Waals surface area (Å²) in [5, 5.41) is 14.5. The maximum absolute atomic E-state index is 10.1. The second-order valence-corrected chi connectivity index (χ2v) is 5.03. The smallest absolute Gasteiger partial charge is 0.0628 e. The molecule has 0 bridgehead atoms. The number of aliphatic hydroxyl groups is 1. The van der Waals surface area contributed by atoms with Crippen LogP contribution in [0.3, 0.4) is 0 Å². The zero-order valence-corrected chi connectivity index (χ0v) is 11.8. The molecule has 0 aliphatic rings.